The maximum absolute atomic E-state index is 13.5. The lowest BCUT2D eigenvalue weighted by Crippen LogP contribution is -2.54. The third-order valence-corrected chi connectivity index (χ3v) is 11.2. The van der Waals surface area contributed by atoms with E-state index in [1.165, 1.54) is 32.1 Å². The quantitative estimate of drug-likeness (QED) is 0.374. The number of fused-ring (bicyclic) bond motifs is 6. The first kappa shape index (κ1) is 24.9. The van der Waals surface area contributed by atoms with E-state index in [0.717, 1.165) is 24.9 Å². The summed E-state index contributed by atoms with van der Waals surface area (Å²) in [6, 6.07) is 9.45. The molecule has 1 aromatic carbocycles. The second kappa shape index (κ2) is 9.38. The molecule has 0 radical (unpaired) electrons. The van der Waals surface area contributed by atoms with Crippen molar-refractivity contribution in [2.75, 3.05) is 18.7 Å². The number of benzene rings is 1. The van der Waals surface area contributed by atoms with E-state index in [0.29, 0.717) is 52.3 Å². The zero-order valence-corrected chi connectivity index (χ0v) is 22.2. The molecule has 0 saturated heterocycles. The van der Waals surface area contributed by atoms with Crippen LogP contribution in [-0.2, 0) is 14.3 Å². The molecule has 1 N–H and O–H groups in total. The molecule has 0 heterocycles. The van der Waals surface area contributed by atoms with Crippen molar-refractivity contribution in [2.24, 2.45) is 52.3 Å². The Labute approximate surface area is 221 Å². The fourth-order valence-electron chi connectivity index (χ4n) is 9.76. The molecule has 5 heteroatoms. The molecule has 8 atom stereocenters. The third-order valence-electron chi connectivity index (χ3n) is 11.2. The molecule has 4 saturated carbocycles. The zero-order chi connectivity index (χ0) is 25.8. The lowest BCUT2D eigenvalue weighted by Gasteiger charge is -2.59. The summed E-state index contributed by atoms with van der Waals surface area (Å²) in [6.07, 6.45) is 13.1. The molecular weight excluding hydrogens is 460 g/mol. The van der Waals surface area contributed by atoms with Crippen LogP contribution in [0, 0.1) is 63.6 Å². The zero-order valence-electron chi connectivity index (χ0n) is 22.2. The third kappa shape index (κ3) is 4.26. The minimum Gasteiger partial charge on any atom is -0.363 e. The van der Waals surface area contributed by atoms with Crippen molar-refractivity contribution in [3.05, 3.63) is 42.0 Å². The molecule has 4 fully saturated rings. The summed E-state index contributed by atoms with van der Waals surface area (Å²) in [5.41, 5.74) is 1.88. The number of hydrogen-bond acceptors (Lipinski definition) is 5. The number of allylic oxidation sites excluding steroid dienone is 2. The average molecular weight is 501 g/mol. The van der Waals surface area contributed by atoms with Crippen molar-refractivity contribution in [1.29, 1.82) is 5.26 Å². The summed E-state index contributed by atoms with van der Waals surface area (Å²) in [6.45, 7) is 5.19. The topological polar surface area (TPSA) is 79.2 Å². The van der Waals surface area contributed by atoms with Crippen LogP contribution < -0.4 is 5.32 Å². The normalized spacial score (nSPS) is 39.2. The molecule has 196 valence electrons. The maximum atomic E-state index is 13.5. The van der Waals surface area contributed by atoms with Gasteiger partial charge in [-0.1, -0.05) is 26.0 Å². The molecule has 37 heavy (non-hydrogen) atoms. The van der Waals surface area contributed by atoms with E-state index in [9.17, 15) is 9.59 Å². The van der Waals surface area contributed by atoms with Crippen LogP contribution in [0.4, 0.5) is 5.69 Å². The van der Waals surface area contributed by atoms with E-state index in [4.69, 9.17) is 10.00 Å². The van der Waals surface area contributed by atoms with Gasteiger partial charge in [-0.15, -0.1) is 0 Å². The molecule has 5 aliphatic carbocycles. The summed E-state index contributed by atoms with van der Waals surface area (Å²) in [4.78, 5) is 26.0. The van der Waals surface area contributed by atoms with E-state index in [1.807, 2.05) is 18.2 Å². The van der Waals surface area contributed by atoms with Gasteiger partial charge in [0, 0.05) is 18.0 Å². The van der Waals surface area contributed by atoms with Crippen LogP contribution in [0.1, 0.15) is 70.8 Å². The average Bonchev–Trinajstić information content (AvgIpc) is 3.59. The molecule has 6 rings (SSSR count). The fraction of sp³-hybridized carbons (Fsp3) is 0.656. The lowest BCUT2D eigenvalue weighted by atomic mass is 9.45. The van der Waals surface area contributed by atoms with Gasteiger partial charge in [-0.2, -0.15) is 5.26 Å². The summed E-state index contributed by atoms with van der Waals surface area (Å²) in [7, 11) is 0. The molecule has 0 aliphatic heterocycles. The Balaban J connectivity index is 1.14. The van der Waals surface area contributed by atoms with Gasteiger partial charge in [-0.3, -0.25) is 9.59 Å². The summed E-state index contributed by atoms with van der Waals surface area (Å²) < 4.78 is 5.81. The molecule has 1 aromatic rings. The second-order valence-electron chi connectivity index (χ2n) is 13.1. The van der Waals surface area contributed by atoms with E-state index in [-0.39, 0.29) is 30.5 Å². The SMILES string of the molecule is CC1C=CC(=O)CC2CCC3C(C12)C1(CC1)CC1(C)C(C(=O)COCNc2cccc(C#N)c2)CCC31. The summed E-state index contributed by atoms with van der Waals surface area (Å²) in [5.74, 6) is 4.32. The largest absolute Gasteiger partial charge is 0.363 e. The predicted molar refractivity (Wildman–Crippen MR) is 142 cm³/mol. The Morgan fingerprint density at radius 3 is 2.84 bits per heavy atom. The van der Waals surface area contributed by atoms with Gasteiger partial charge in [0.2, 0.25) is 0 Å². The Morgan fingerprint density at radius 2 is 2.05 bits per heavy atom. The first-order chi connectivity index (χ1) is 17.8. The van der Waals surface area contributed by atoms with Gasteiger partial charge in [0.25, 0.3) is 0 Å². The second-order valence-corrected chi connectivity index (χ2v) is 13.1. The number of nitriles is 1. The first-order valence-electron chi connectivity index (χ1n) is 14.4. The van der Waals surface area contributed by atoms with Gasteiger partial charge < -0.3 is 10.1 Å². The minimum absolute atomic E-state index is 0.0686. The number of Topliss-reactive ketones (excluding diaryl/α,β-unsaturated/α-hetero) is 1. The number of rotatable bonds is 6. The number of ketones is 2. The summed E-state index contributed by atoms with van der Waals surface area (Å²) in [5, 5.41) is 12.3. The monoisotopic (exact) mass is 500 g/mol. The van der Waals surface area contributed by atoms with Crippen LogP contribution in [0.5, 0.6) is 0 Å². The molecule has 0 aromatic heterocycles. The number of nitrogens with zero attached hydrogens (tertiary/aromatic N) is 1. The number of ether oxygens (including phenoxy) is 1. The van der Waals surface area contributed by atoms with Crippen molar-refractivity contribution in [3.8, 4) is 6.07 Å². The molecule has 5 nitrogen and oxygen atoms in total. The molecule has 0 amide bonds. The smallest absolute Gasteiger partial charge is 0.162 e. The number of carbonyl (C=O) groups is 2. The molecule has 5 aliphatic rings. The van der Waals surface area contributed by atoms with Crippen LogP contribution in [-0.4, -0.2) is 24.9 Å². The first-order valence-corrected chi connectivity index (χ1v) is 14.4. The van der Waals surface area contributed by atoms with Gasteiger partial charge in [0.15, 0.2) is 11.6 Å². The standard InChI is InChI=1S/C32H40N2O3/c1-20-6-8-24(35)15-22-7-9-25-26-10-11-27(31(26,2)18-32(12-13-32)30(25)29(20)22)28(36)17-37-19-34-23-5-3-4-21(14-23)16-33/h3-6,8,14,20,22,25-27,29-30,34H,7,9-13,15,17-19H2,1-2H3. The highest BCUT2D eigenvalue weighted by molar-refractivity contribution is 5.90. The van der Waals surface area contributed by atoms with Gasteiger partial charge in [0.1, 0.15) is 13.3 Å². The van der Waals surface area contributed by atoms with Crippen molar-refractivity contribution >= 4 is 17.3 Å². The summed E-state index contributed by atoms with van der Waals surface area (Å²) >= 11 is 0. The van der Waals surface area contributed by atoms with Crippen molar-refractivity contribution < 1.29 is 14.3 Å². The van der Waals surface area contributed by atoms with E-state index >= 15 is 0 Å². The van der Waals surface area contributed by atoms with Crippen LogP contribution in [0.15, 0.2) is 36.4 Å². The van der Waals surface area contributed by atoms with Gasteiger partial charge in [-0.05, 0) is 116 Å². The highest BCUT2D eigenvalue weighted by atomic mass is 16.5. The highest BCUT2D eigenvalue weighted by Crippen LogP contribution is 2.75. The molecule has 8 unspecified atom stereocenters. The van der Waals surface area contributed by atoms with E-state index in [2.05, 4.69) is 31.3 Å². The van der Waals surface area contributed by atoms with Crippen molar-refractivity contribution in [2.45, 2.75) is 65.2 Å². The van der Waals surface area contributed by atoms with Gasteiger partial charge >= 0.3 is 0 Å². The van der Waals surface area contributed by atoms with Crippen LogP contribution in [0.3, 0.4) is 0 Å². The number of anilines is 1. The van der Waals surface area contributed by atoms with E-state index < -0.39 is 0 Å². The van der Waals surface area contributed by atoms with Gasteiger partial charge in [0.05, 0.1) is 11.6 Å². The van der Waals surface area contributed by atoms with Crippen LogP contribution in [0.2, 0.25) is 0 Å². The predicted octanol–water partition coefficient (Wildman–Crippen LogP) is 6.15. The number of carbonyl (C=O) groups excluding carboxylic acids is 2. The maximum Gasteiger partial charge on any atom is 0.162 e. The Hall–Kier alpha value is -2.45. The molecule has 1 spiro atoms. The van der Waals surface area contributed by atoms with Crippen LogP contribution in [0.25, 0.3) is 0 Å². The van der Waals surface area contributed by atoms with Gasteiger partial charge in [-0.25, -0.2) is 0 Å². The van der Waals surface area contributed by atoms with Crippen LogP contribution >= 0.6 is 0 Å². The van der Waals surface area contributed by atoms with Crippen molar-refractivity contribution in [1.82, 2.24) is 0 Å². The fourth-order valence-corrected chi connectivity index (χ4v) is 9.76. The lowest BCUT2D eigenvalue weighted by molar-refractivity contribution is -0.141. The Bertz CT molecular complexity index is 1150. The minimum atomic E-state index is 0.0686. The van der Waals surface area contributed by atoms with E-state index in [1.54, 1.807) is 12.1 Å². The van der Waals surface area contributed by atoms with Crippen molar-refractivity contribution in [3.63, 3.8) is 0 Å². The Kier molecular flexibility index (Phi) is 6.30. The highest BCUT2D eigenvalue weighted by Gasteiger charge is 2.69. The number of hydrogen-bond donors (Lipinski definition) is 1. The number of nitrogens with one attached hydrogen (secondary N) is 1. The molecule has 0 bridgehead atoms. The Morgan fingerprint density at radius 1 is 1.22 bits per heavy atom. The molecular formula is C32H40N2O3.